The third-order valence-electron chi connectivity index (χ3n) is 4.10. The number of amides is 1. The van der Waals surface area contributed by atoms with Gasteiger partial charge in [0.25, 0.3) is 0 Å². The van der Waals surface area contributed by atoms with Crippen molar-refractivity contribution in [1.82, 2.24) is 4.90 Å². The van der Waals surface area contributed by atoms with Gasteiger partial charge in [-0.3, -0.25) is 9.69 Å². The summed E-state index contributed by atoms with van der Waals surface area (Å²) in [5, 5.41) is 12.0. The van der Waals surface area contributed by atoms with Gasteiger partial charge >= 0.3 is 6.18 Å². The number of carbonyl (C=O) groups is 1. The van der Waals surface area contributed by atoms with Gasteiger partial charge in [0.2, 0.25) is 5.91 Å². The van der Waals surface area contributed by atoms with E-state index >= 15 is 0 Å². The number of rotatable bonds is 4. The zero-order chi connectivity index (χ0) is 17.1. The van der Waals surface area contributed by atoms with E-state index in [1.165, 1.54) is 12.1 Å². The molecule has 1 fully saturated rings. The first-order valence-electron chi connectivity index (χ1n) is 7.52. The maximum Gasteiger partial charge on any atom is 0.416 e. The van der Waals surface area contributed by atoms with Crippen LogP contribution in [0, 0.1) is 5.41 Å². The molecule has 1 aromatic carbocycles. The maximum atomic E-state index is 12.5. The number of hydrogen-bond donors (Lipinski definition) is 2. The van der Waals surface area contributed by atoms with Crippen LogP contribution in [0.2, 0.25) is 0 Å². The second kappa shape index (κ2) is 6.88. The Bertz CT molecular complexity index is 545. The SMILES string of the molecule is CC1(CO)CCCN(CC(=O)Nc2ccc(C(F)(F)F)cc2)C1. The number of carbonyl (C=O) groups excluding carboxylic acids is 1. The maximum absolute atomic E-state index is 12.5. The Morgan fingerprint density at radius 2 is 2.00 bits per heavy atom. The molecule has 0 bridgehead atoms. The fourth-order valence-electron chi connectivity index (χ4n) is 2.84. The monoisotopic (exact) mass is 330 g/mol. The molecule has 0 saturated carbocycles. The second-order valence-corrected chi connectivity index (χ2v) is 6.41. The van der Waals surface area contributed by atoms with Gasteiger partial charge in [-0.15, -0.1) is 0 Å². The summed E-state index contributed by atoms with van der Waals surface area (Å²) < 4.78 is 37.4. The van der Waals surface area contributed by atoms with Gasteiger partial charge in [-0.1, -0.05) is 6.92 Å². The number of anilines is 1. The van der Waals surface area contributed by atoms with Crippen molar-refractivity contribution in [3.8, 4) is 0 Å². The highest BCUT2D eigenvalue weighted by Gasteiger charge is 2.31. The van der Waals surface area contributed by atoms with E-state index in [-0.39, 0.29) is 24.5 Å². The van der Waals surface area contributed by atoms with Crippen LogP contribution in [0.15, 0.2) is 24.3 Å². The average molecular weight is 330 g/mol. The summed E-state index contributed by atoms with van der Waals surface area (Å²) in [7, 11) is 0. The molecule has 1 atom stereocenters. The summed E-state index contributed by atoms with van der Waals surface area (Å²) in [5.74, 6) is -0.271. The Balaban J connectivity index is 1.90. The molecule has 0 spiro atoms. The molecule has 0 radical (unpaired) electrons. The fourth-order valence-corrected chi connectivity index (χ4v) is 2.84. The molecule has 7 heteroatoms. The van der Waals surface area contributed by atoms with Crippen molar-refractivity contribution in [2.45, 2.75) is 25.9 Å². The van der Waals surface area contributed by atoms with Crippen LogP contribution in [-0.2, 0) is 11.0 Å². The Hall–Kier alpha value is -1.60. The summed E-state index contributed by atoms with van der Waals surface area (Å²) in [4.78, 5) is 14.0. The van der Waals surface area contributed by atoms with Crippen molar-refractivity contribution in [2.24, 2.45) is 5.41 Å². The third kappa shape index (κ3) is 4.94. The molecule has 2 N–H and O–H groups in total. The van der Waals surface area contributed by atoms with E-state index in [2.05, 4.69) is 5.32 Å². The van der Waals surface area contributed by atoms with Crippen LogP contribution in [0.4, 0.5) is 18.9 Å². The van der Waals surface area contributed by atoms with Crippen molar-refractivity contribution in [1.29, 1.82) is 0 Å². The molecular formula is C16H21F3N2O2. The number of halogens is 3. The summed E-state index contributed by atoms with van der Waals surface area (Å²) in [5.41, 5.74) is -0.609. The number of likely N-dealkylation sites (tertiary alicyclic amines) is 1. The minimum atomic E-state index is -4.38. The Labute approximate surface area is 133 Å². The molecule has 0 aliphatic carbocycles. The van der Waals surface area contributed by atoms with E-state index in [0.29, 0.717) is 12.2 Å². The predicted octanol–water partition coefficient (Wildman–Crippen LogP) is 2.74. The van der Waals surface area contributed by atoms with Crippen LogP contribution < -0.4 is 5.32 Å². The van der Waals surface area contributed by atoms with Crippen molar-refractivity contribution in [3.63, 3.8) is 0 Å². The van der Waals surface area contributed by atoms with E-state index in [0.717, 1.165) is 31.5 Å². The normalized spacial score (nSPS) is 22.8. The highest BCUT2D eigenvalue weighted by molar-refractivity contribution is 5.92. The van der Waals surface area contributed by atoms with Crippen molar-refractivity contribution in [2.75, 3.05) is 31.6 Å². The molecule has 128 valence electrons. The van der Waals surface area contributed by atoms with Gasteiger partial charge in [-0.2, -0.15) is 13.2 Å². The van der Waals surface area contributed by atoms with Gasteiger partial charge < -0.3 is 10.4 Å². The summed E-state index contributed by atoms with van der Waals surface area (Å²) in [6, 6.07) is 4.38. The molecule has 2 rings (SSSR count). The molecule has 0 aromatic heterocycles. The molecule has 1 amide bonds. The van der Waals surface area contributed by atoms with Gasteiger partial charge in [-0.05, 0) is 43.7 Å². The molecule has 1 aromatic rings. The number of benzene rings is 1. The number of hydrogen-bond acceptors (Lipinski definition) is 3. The Morgan fingerprint density at radius 1 is 1.35 bits per heavy atom. The largest absolute Gasteiger partial charge is 0.416 e. The molecule has 1 saturated heterocycles. The van der Waals surface area contributed by atoms with Crippen LogP contribution in [0.5, 0.6) is 0 Å². The van der Waals surface area contributed by atoms with Gasteiger partial charge in [0, 0.05) is 24.3 Å². The Morgan fingerprint density at radius 3 is 2.57 bits per heavy atom. The molecule has 23 heavy (non-hydrogen) atoms. The number of nitrogens with zero attached hydrogens (tertiary/aromatic N) is 1. The van der Waals surface area contributed by atoms with Gasteiger partial charge in [-0.25, -0.2) is 0 Å². The number of alkyl halides is 3. The molecular weight excluding hydrogens is 309 g/mol. The van der Waals surface area contributed by atoms with E-state index < -0.39 is 11.7 Å². The lowest BCUT2D eigenvalue weighted by Gasteiger charge is -2.38. The zero-order valence-electron chi connectivity index (χ0n) is 13.0. The van der Waals surface area contributed by atoms with E-state index in [4.69, 9.17) is 0 Å². The lowest BCUT2D eigenvalue weighted by atomic mass is 9.83. The van der Waals surface area contributed by atoms with Crippen molar-refractivity contribution in [3.05, 3.63) is 29.8 Å². The second-order valence-electron chi connectivity index (χ2n) is 6.41. The predicted molar refractivity (Wildman–Crippen MR) is 80.9 cm³/mol. The van der Waals surface area contributed by atoms with E-state index in [1.807, 2.05) is 11.8 Å². The van der Waals surface area contributed by atoms with Crippen LogP contribution in [0.1, 0.15) is 25.3 Å². The molecule has 1 heterocycles. The lowest BCUT2D eigenvalue weighted by Crippen LogP contribution is -2.46. The number of aliphatic hydroxyl groups excluding tert-OH is 1. The highest BCUT2D eigenvalue weighted by Crippen LogP contribution is 2.30. The quantitative estimate of drug-likeness (QED) is 0.892. The Kier molecular flexibility index (Phi) is 5.31. The van der Waals surface area contributed by atoms with Gasteiger partial charge in [0.1, 0.15) is 0 Å². The van der Waals surface area contributed by atoms with E-state index in [1.54, 1.807) is 0 Å². The molecule has 1 aliphatic rings. The highest BCUT2D eigenvalue weighted by atomic mass is 19.4. The first kappa shape index (κ1) is 17.7. The first-order chi connectivity index (χ1) is 10.7. The molecule has 1 aliphatic heterocycles. The summed E-state index contributed by atoms with van der Waals surface area (Å²) in [6.45, 7) is 3.62. The van der Waals surface area contributed by atoms with Gasteiger partial charge in [0.05, 0.1) is 12.1 Å². The fraction of sp³-hybridized carbons (Fsp3) is 0.562. The average Bonchev–Trinajstić information content (AvgIpc) is 2.47. The number of piperidine rings is 1. The van der Waals surface area contributed by atoms with Crippen molar-refractivity contribution >= 4 is 11.6 Å². The number of aliphatic hydroxyl groups is 1. The van der Waals surface area contributed by atoms with Crippen molar-refractivity contribution < 1.29 is 23.1 Å². The zero-order valence-corrected chi connectivity index (χ0v) is 13.0. The van der Waals surface area contributed by atoms with Crippen LogP contribution in [0.3, 0.4) is 0 Å². The van der Waals surface area contributed by atoms with Crippen LogP contribution in [0.25, 0.3) is 0 Å². The van der Waals surface area contributed by atoms with E-state index in [9.17, 15) is 23.1 Å². The number of nitrogens with one attached hydrogen (secondary N) is 1. The van der Waals surface area contributed by atoms with Crippen LogP contribution >= 0.6 is 0 Å². The minimum absolute atomic E-state index is 0.0734. The lowest BCUT2D eigenvalue weighted by molar-refractivity contribution is -0.137. The first-order valence-corrected chi connectivity index (χ1v) is 7.52. The third-order valence-corrected chi connectivity index (χ3v) is 4.10. The summed E-state index contributed by atoms with van der Waals surface area (Å²) >= 11 is 0. The van der Waals surface area contributed by atoms with Gasteiger partial charge in [0.15, 0.2) is 0 Å². The topological polar surface area (TPSA) is 52.6 Å². The summed E-state index contributed by atoms with van der Waals surface area (Å²) in [6.07, 6.45) is -2.56. The molecule has 4 nitrogen and oxygen atoms in total. The smallest absolute Gasteiger partial charge is 0.396 e. The molecule has 1 unspecified atom stereocenters. The van der Waals surface area contributed by atoms with Crippen LogP contribution in [-0.4, -0.2) is 42.2 Å². The minimum Gasteiger partial charge on any atom is -0.396 e. The standard InChI is InChI=1S/C16H21F3N2O2/c1-15(11-22)7-2-8-21(10-15)9-14(23)20-13-5-3-12(4-6-13)16(17,18)19/h3-6,22H,2,7-11H2,1H3,(H,20,23).